The van der Waals surface area contributed by atoms with Crippen molar-refractivity contribution in [1.29, 1.82) is 0 Å². The zero-order valence-corrected chi connectivity index (χ0v) is 9.75. The highest BCUT2D eigenvalue weighted by molar-refractivity contribution is 9.10. The van der Waals surface area contributed by atoms with E-state index in [-0.39, 0.29) is 21.4 Å². The van der Waals surface area contributed by atoms with Gasteiger partial charge in [0.2, 0.25) is 0 Å². The highest BCUT2D eigenvalue weighted by Gasteiger charge is 2.15. The molecule has 0 saturated heterocycles. The first-order chi connectivity index (χ1) is 7.99. The molecule has 0 fully saturated rings. The van der Waals surface area contributed by atoms with E-state index in [4.69, 9.17) is 5.11 Å². The quantitative estimate of drug-likeness (QED) is 0.838. The zero-order chi connectivity index (χ0) is 12.6. The number of hydrogen-bond acceptors (Lipinski definition) is 2. The molecule has 0 saturated carbocycles. The minimum atomic E-state index is -1.22. The predicted octanol–water partition coefficient (Wildman–Crippen LogP) is 2.82. The number of benzene rings is 1. The molecule has 88 valence electrons. The summed E-state index contributed by atoms with van der Waals surface area (Å²) in [6.07, 6.45) is 0. The molecule has 0 radical (unpaired) electrons. The highest BCUT2D eigenvalue weighted by Crippen LogP contribution is 2.28. The summed E-state index contributed by atoms with van der Waals surface area (Å²) in [5, 5.41) is 14.5. The van der Waals surface area contributed by atoms with Crippen molar-refractivity contribution in [3.05, 3.63) is 40.0 Å². The van der Waals surface area contributed by atoms with Crippen LogP contribution in [0.25, 0.3) is 11.3 Å². The van der Waals surface area contributed by atoms with Gasteiger partial charge in [-0.25, -0.2) is 13.6 Å². The first kappa shape index (κ1) is 11.7. The standard InChI is InChI=1S/C10H5BrF2N2O2/c11-6-2-4(12)1-5(9(6)13)7-3-8(10(16)17)15-14-7/h1-3H,(H,14,15)(H,16,17). The summed E-state index contributed by atoms with van der Waals surface area (Å²) in [4.78, 5) is 10.6. The van der Waals surface area contributed by atoms with Gasteiger partial charge in [0, 0.05) is 5.56 Å². The molecule has 0 aliphatic carbocycles. The Morgan fingerprint density at radius 2 is 2.06 bits per heavy atom. The molecule has 0 amide bonds. The van der Waals surface area contributed by atoms with Crippen molar-refractivity contribution >= 4 is 21.9 Å². The molecule has 0 atom stereocenters. The van der Waals surface area contributed by atoms with E-state index < -0.39 is 17.6 Å². The van der Waals surface area contributed by atoms with Crippen LogP contribution in [0.4, 0.5) is 8.78 Å². The first-order valence-corrected chi connectivity index (χ1v) is 5.22. The lowest BCUT2D eigenvalue weighted by molar-refractivity contribution is 0.0690. The summed E-state index contributed by atoms with van der Waals surface area (Å²) < 4.78 is 26.7. The number of nitrogens with zero attached hydrogens (tertiary/aromatic N) is 1. The Bertz CT molecular complexity index is 598. The number of carboxylic acids is 1. The first-order valence-electron chi connectivity index (χ1n) is 4.42. The van der Waals surface area contributed by atoms with Crippen LogP contribution in [0.2, 0.25) is 0 Å². The maximum Gasteiger partial charge on any atom is 0.353 e. The molecule has 2 rings (SSSR count). The molecule has 1 aromatic heterocycles. The van der Waals surface area contributed by atoms with Crippen LogP contribution in [0, 0.1) is 11.6 Å². The molecule has 17 heavy (non-hydrogen) atoms. The summed E-state index contributed by atoms with van der Waals surface area (Å²) in [7, 11) is 0. The van der Waals surface area contributed by atoms with E-state index in [9.17, 15) is 13.6 Å². The van der Waals surface area contributed by atoms with Crippen molar-refractivity contribution in [3.63, 3.8) is 0 Å². The smallest absolute Gasteiger partial charge is 0.353 e. The van der Waals surface area contributed by atoms with Gasteiger partial charge in [-0.1, -0.05) is 0 Å². The van der Waals surface area contributed by atoms with Gasteiger partial charge in [-0.3, -0.25) is 5.10 Å². The Morgan fingerprint density at radius 1 is 1.35 bits per heavy atom. The van der Waals surface area contributed by atoms with Gasteiger partial charge < -0.3 is 5.11 Å². The third-order valence-electron chi connectivity index (χ3n) is 2.08. The van der Waals surface area contributed by atoms with Crippen LogP contribution >= 0.6 is 15.9 Å². The van der Waals surface area contributed by atoms with E-state index in [0.29, 0.717) is 0 Å². The molecular formula is C10H5BrF2N2O2. The second kappa shape index (κ2) is 4.25. The second-order valence-corrected chi connectivity index (χ2v) is 4.08. The van der Waals surface area contributed by atoms with E-state index >= 15 is 0 Å². The summed E-state index contributed by atoms with van der Waals surface area (Å²) in [6.45, 7) is 0. The number of carbonyl (C=O) groups is 1. The molecule has 0 aliphatic rings. The van der Waals surface area contributed by atoms with Crippen LogP contribution < -0.4 is 0 Å². The van der Waals surface area contributed by atoms with Crippen molar-refractivity contribution in [2.75, 3.05) is 0 Å². The highest BCUT2D eigenvalue weighted by atomic mass is 79.9. The molecule has 0 spiro atoms. The fourth-order valence-electron chi connectivity index (χ4n) is 1.31. The largest absolute Gasteiger partial charge is 0.477 e. The normalized spacial score (nSPS) is 10.5. The van der Waals surface area contributed by atoms with Gasteiger partial charge in [0.1, 0.15) is 17.3 Å². The van der Waals surface area contributed by atoms with Gasteiger partial charge in [-0.05, 0) is 34.1 Å². The molecule has 0 unspecified atom stereocenters. The number of aromatic nitrogens is 2. The van der Waals surface area contributed by atoms with E-state index in [1.165, 1.54) is 0 Å². The topological polar surface area (TPSA) is 66.0 Å². The van der Waals surface area contributed by atoms with Gasteiger partial charge in [0.25, 0.3) is 0 Å². The lowest BCUT2D eigenvalue weighted by Crippen LogP contribution is -1.95. The molecule has 1 aromatic carbocycles. The van der Waals surface area contributed by atoms with Crippen LogP contribution in [0.5, 0.6) is 0 Å². The molecule has 2 N–H and O–H groups in total. The summed E-state index contributed by atoms with van der Waals surface area (Å²) >= 11 is 2.86. The van der Waals surface area contributed by atoms with Crippen molar-refractivity contribution in [2.45, 2.75) is 0 Å². The average Bonchev–Trinajstić information content (AvgIpc) is 2.72. The molecule has 4 nitrogen and oxygen atoms in total. The molecule has 0 bridgehead atoms. The van der Waals surface area contributed by atoms with Gasteiger partial charge >= 0.3 is 5.97 Å². The molecule has 7 heteroatoms. The van der Waals surface area contributed by atoms with E-state index in [1.54, 1.807) is 0 Å². The van der Waals surface area contributed by atoms with E-state index in [0.717, 1.165) is 18.2 Å². The predicted molar refractivity (Wildman–Crippen MR) is 58.6 cm³/mol. The number of aromatic amines is 1. The molecule has 1 heterocycles. The van der Waals surface area contributed by atoms with Crippen LogP contribution in [0.3, 0.4) is 0 Å². The number of halogens is 3. The Balaban J connectivity index is 2.56. The monoisotopic (exact) mass is 302 g/mol. The summed E-state index contributed by atoms with van der Waals surface area (Å²) in [6, 6.07) is 3.05. The molecule has 2 aromatic rings. The van der Waals surface area contributed by atoms with Gasteiger partial charge in [-0.2, -0.15) is 5.10 Å². The van der Waals surface area contributed by atoms with Crippen LogP contribution in [0.1, 0.15) is 10.5 Å². The summed E-state index contributed by atoms with van der Waals surface area (Å²) in [5.74, 6) is -2.57. The number of aromatic carboxylic acids is 1. The number of nitrogens with one attached hydrogen (secondary N) is 1. The van der Waals surface area contributed by atoms with Crippen LogP contribution in [-0.2, 0) is 0 Å². The molecule has 0 aliphatic heterocycles. The van der Waals surface area contributed by atoms with Gasteiger partial charge in [-0.15, -0.1) is 0 Å². The van der Waals surface area contributed by atoms with Crippen molar-refractivity contribution in [1.82, 2.24) is 10.2 Å². The zero-order valence-electron chi connectivity index (χ0n) is 8.17. The average molecular weight is 303 g/mol. The Morgan fingerprint density at radius 3 is 2.65 bits per heavy atom. The lowest BCUT2D eigenvalue weighted by atomic mass is 10.1. The number of rotatable bonds is 2. The molecular weight excluding hydrogens is 298 g/mol. The lowest BCUT2D eigenvalue weighted by Gasteiger charge is -2.01. The van der Waals surface area contributed by atoms with E-state index in [2.05, 4.69) is 26.1 Å². The van der Waals surface area contributed by atoms with Crippen LogP contribution in [0.15, 0.2) is 22.7 Å². The maximum absolute atomic E-state index is 13.7. The van der Waals surface area contributed by atoms with Crippen LogP contribution in [-0.4, -0.2) is 21.3 Å². The van der Waals surface area contributed by atoms with Gasteiger partial charge in [0.05, 0.1) is 10.2 Å². The fourth-order valence-corrected chi connectivity index (χ4v) is 1.74. The Hall–Kier alpha value is -1.76. The fraction of sp³-hybridized carbons (Fsp3) is 0. The second-order valence-electron chi connectivity index (χ2n) is 3.22. The Labute approximate surface area is 102 Å². The third kappa shape index (κ3) is 2.19. The third-order valence-corrected chi connectivity index (χ3v) is 2.65. The van der Waals surface area contributed by atoms with Crippen molar-refractivity contribution in [2.24, 2.45) is 0 Å². The number of carboxylic acid groups (broad SMARTS) is 1. The van der Waals surface area contributed by atoms with E-state index in [1.807, 2.05) is 0 Å². The van der Waals surface area contributed by atoms with Crippen molar-refractivity contribution in [3.8, 4) is 11.3 Å². The number of H-pyrrole nitrogens is 1. The minimum Gasteiger partial charge on any atom is -0.477 e. The number of hydrogen-bond donors (Lipinski definition) is 2. The Kier molecular flexibility index (Phi) is 2.93. The SMILES string of the molecule is O=C(O)c1cc(-c2cc(F)cc(Br)c2F)n[nH]1. The maximum atomic E-state index is 13.7. The van der Waals surface area contributed by atoms with Crippen molar-refractivity contribution < 1.29 is 18.7 Å². The minimum absolute atomic E-state index is 0.0279. The summed E-state index contributed by atoms with van der Waals surface area (Å²) in [5.41, 5.74) is -0.277. The van der Waals surface area contributed by atoms with Gasteiger partial charge in [0.15, 0.2) is 0 Å².